The maximum absolute atomic E-state index is 4.72. The van der Waals surface area contributed by atoms with Crippen LogP contribution < -0.4 is 0 Å². The fraction of sp³-hybridized carbons (Fsp3) is 0.667. The number of nitrogens with zero attached hydrogens (tertiary/aromatic N) is 4. The van der Waals surface area contributed by atoms with Crippen molar-refractivity contribution >= 4 is 17.6 Å². The van der Waals surface area contributed by atoms with Crippen molar-refractivity contribution in [3.63, 3.8) is 0 Å². The van der Waals surface area contributed by atoms with Gasteiger partial charge in [0.15, 0.2) is 5.82 Å². The number of hydrogen-bond donors (Lipinski definition) is 0. The second-order valence-corrected chi connectivity index (χ2v) is 2.47. The summed E-state index contributed by atoms with van der Waals surface area (Å²) in [4.78, 5) is 0. The smallest absolute Gasteiger partial charge is 0.185 e. The summed E-state index contributed by atoms with van der Waals surface area (Å²) in [6, 6.07) is 0. The van der Waals surface area contributed by atoms with E-state index in [0.717, 1.165) is 19.4 Å². The molecule has 0 bridgehead atoms. The number of tetrazole rings is 1. The topological polar surface area (TPSA) is 43.6 Å². The van der Waals surface area contributed by atoms with Gasteiger partial charge < -0.3 is 0 Å². The molecule has 4 nitrogen and oxygen atoms in total. The highest BCUT2D eigenvalue weighted by Gasteiger charge is 1.99. The Labute approximate surface area is 70.6 Å². The zero-order valence-corrected chi connectivity index (χ0v) is 7.21. The lowest BCUT2D eigenvalue weighted by Gasteiger charge is -1.97. The Hall–Kier alpha value is -0.840. The molecule has 0 spiro atoms. The van der Waals surface area contributed by atoms with Crippen LogP contribution in [-0.2, 0) is 6.54 Å². The maximum atomic E-state index is 4.72. The molecule has 0 aromatic carbocycles. The summed E-state index contributed by atoms with van der Waals surface area (Å²) in [6.07, 6.45) is 2.22. The number of aromatic nitrogens is 4. The van der Waals surface area contributed by atoms with Crippen LogP contribution in [0.3, 0.4) is 0 Å². The van der Waals surface area contributed by atoms with Gasteiger partial charge in [-0.25, -0.2) is 4.68 Å². The van der Waals surface area contributed by atoms with E-state index in [1.807, 2.05) is 0 Å². The van der Waals surface area contributed by atoms with Crippen LogP contribution in [0, 0.1) is 0 Å². The Morgan fingerprint density at radius 1 is 1.64 bits per heavy atom. The molecule has 0 atom stereocenters. The third-order valence-corrected chi connectivity index (χ3v) is 1.60. The van der Waals surface area contributed by atoms with Gasteiger partial charge in [0.05, 0.1) is 0 Å². The fourth-order valence-electron chi connectivity index (χ4n) is 0.763. The van der Waals surface area contributed by atoms with Gasteiger partial charge in [-0.05, 0) is 16.8 Å². The van der Waals surface area contributed by atoms with E-state index < -0.39 is 0 Å². The molecule has 60 valence electrons. The van der Waals surface area contributed by atoms with Gasteiger partial charge >= 0.3 is 0 Å². The van der Waals surface area contributed by atoms with Crippen LogP contribution in [-0.4, -0.2) is 25.6 Å². The van der Waals surface area contributed by atoms with Crippen LogP contribution >= 0.6 is 12.2 Å². The Kier molecular flexibility index (Phi) is 3.10. The lowest BCUT2D eigenvalue weighted by molar-refractivity contribution is 0.551. The molecule has 0 aliphatic heterocycles. The van der Waals surface area contributed by atoms with E-state index in [0.29, 0.717) is 5.82 Å². The van der Waals surface area contributed by atoms with Crippen molar-refractivity contribution < 1.29 is 0 Å². The minimum Gasteiger partial charge on any atom is -0.225 e. The third-order valence-electron chi connectivity index (χ3n) is 1.39. The standard InChI is InChI=1S/C6H10N4S/c1-2-3-4-10-6(5-11)7-8-9-10/h5H,2-4H2,1H3. The van der Waals surface area contributed by atoms with Crippen molar-refractivity contribution in [1.29, 1.82) is 0 Å². The Morgan fingerprint density at radius 2 is 2.45 bits per heavy atom. The second kappa shape index (κ2) is 4.12. The minimum atomic E-state index is 0.674. The van der Waals surface area contributed by atoms with Crippen LogP contribution in [0.2, 0.25) is 0 Å². The lowest BCUT2D eigenvalue weighted by Crippen LogP contribution is -2.04. The number of aryl methyl sites for hydroxylation is 1. The van der Waals surface area contributed by atoms with Crippen LogP contribution in [0.4, 0.5) is 0 Å². The van der Waals surface area contributed by atoms with Gasteiger partial charge in [0.25, 0.3) is 0 Å². The van der Waals surface area contributed by atoms with Crippen molar-refractivity contribution in [2.45, 2.75) is 26.3 Å². The Bertz CT molecular complexity index is 232. The number of hydrogen-bond acceptors (Lipinski definition) is 4. The molecule has 0 aliphatic carbocycles. The molecular weight excluding hydrogens is 160 g/mol. The zero-order chi connectivity index (χ0) is 8.10. The van der Waals surface area contributed by atoms with Gasteiger partial charge in [0, 0.05) is 11.9 Å². The average molecular weight is 170 g/mol. The summed E-state index contributed by atoms with van der Waals surface area (Å²) in [6.45, 7) is 2.98. The van der Waals surface area contributed by atoms with Gasteiger partial charge in [-0.15, -0.1) is 5.10 Å². The molecule has 1 aromatic heterocycles. The van der Waals surface area contributed by atoms with Crippen molar-refractivity contribution in [3.05, 3.63) is 5.82 Å². The zero-order valence-electron chi connectivity index (χ0n) is 6.40. The normalized spacial score (nSPS) is 9.91. The Morgan fingerprint density at radius 3 is 3.09 bits per heavy atom. The summed E-state index contributed by atoms with van der Waals surface area (Å²) < 4.78 is 1.72. The van der Waals surface area contributed by atoms with Crippen LogP contribution in [0.1, 0.15) is 25.6 Å². The van der Waals surface area contributed by atoms with Crippen molar-refractivity contribution in [2.75, 3.05) is 0 Å². The largest absolute Gasteiger partial charge is 0.225 e. The first kappa shape index (κ1) is 8.26. The highest BCUT2D eigenvalue weighted by atomic mass is 32.1. The first-order valence-electron chi connectivity index (χ1n) is 3.59. The highest BCUT2D eigenvalue weighted by Crippen LogP contribution is 1.93. The highest BCUT2D eigenvalue weighted by molar-refractivity contribution is 7.79. The van der Waals surface area contributed by atoms with E-state index in [1.165, 1.54) is 5.37 Å². The summed E-state index contributed by atoms with van der Waals surface area (Å²) >= 11 is 4.72. The van der Waals surface area contributed by atoms with Gasteiger partial charge in [-0.1, -0.05) is 25.6 Å². The SMILES string of the molecule is CCCCn1nnnc1C=S. The van der Waals surface area contributed by atoms with E-state index in [4.69, 9.17) is 12.2 Å². The monoisotopic (exact) mass is 170 g/mol. The van der Waals surface area contributed by atoms with Gasteiger partial charge in [0.2, 0.25) is 0 Å². The van der Waals surface area contributed by atoms with E-state index in [-0.39, 0.29) is 0 Å². The molecule has 0 aliphatic rings. The van der Waals surface area contributed by atoms with Crippen molar-refractivity contribution in [3.8, 4) is 0 Å². The van der Waals surface area contributed by atoms with Gasteiger partial charge in [-0.3, -0.25) is 0 Å². The second-order valence-electron chi connectivity index (χ2n) is 2.23. The number of unbranched alkanes of at least 4 members (excludes halogenated alkanes) is 1. The molecule has 5 heteroatoms. The van der Waals surface area contributed by atoms with Gasteiger partial charge in [-0.2, -0.15) is 0 Å². The summed E-state index contributed by atoms with van der Waals surface area (Å²) in [5, 5.41) is 12.5. The third kappa shape index (κ3) is 2.04. The van der Waals surface area contributed by atoms with Crippen LogP contribution in [0.15, 0.2) is 0 Å². The molecule has 0 unspecified atom stereocenters. The molecular formula is C6H10N4S. The van der Waals surface area contributed by atoms with Gasteiger partial charge in [0.1, 0.15) is 0 Å². The first-order chi connectivity index (χ1) is 5.38. The quantitative estimate of drug-likeness (QED) is 0.627. The lowest BCUT2D eigenvalue weighted by atomic mass is 10.3. The molecule has 1 rings (SSSR count). The summed E-state index contributed by atoms with van der Waals surface area (Å²) in [5.41, 5.74) is 0. The first-order valence-corrected chi connectivity index (χ1v) is 4.07. The van der Waals surface area contributed by atoms with E-state index in [1.54, 1.807) is 4.68 Å². The molecule has 0 fully saturated rings. The Balaban J connectivity index is 2.61. The summed E-state index contributed by atoms with van der Waals surface area (Å²) in [5.74, 6) is 0.674. The van der Waals surface area contributed by atoms with Crippen molar-refractivity contribution in [2.24, 2.45) is 0 Å². The van der Waals surface area contributed by atoms with E-state index in [9.17, 15) is 0 Å². The molecule has 1 heterocycles. The molecule has 0 saturated heterocycles. The van der Waals surface area contributed by atoms with E-state index in [2.05, 4.69) is 22.4 Å². The molecule has 0 saturated carbocycles. The fourth-order valence-corrected chi connectivity index (χ4v) is 0.932. The van der Waals surface area contributed by atoms with E-state index >= 15 is 0 Å². The number of rotatable bonds is 4. The van der Waals surface area contributed by atoms with Crippen molar-refractivity contribution in [1.82, 2.24) is 20.2 Å². The molecule has 0 amide bonds. The molecule has 0 radical (unpaired) electrons. The predicted molar refractivity (Wildman–Crippen MR) is 45.5 cm³/mol. The predicted octanol–water partition coefficient (Wildman–Crippen LogP) is 0.821. The number of thiocarbonyl (C=S) groups is 1. The molecule has 11 heavy (non-hydrogen) atoms. The van der Waals surface area contributed by atoms with Crippen LogP contribution in [0.25, 0.3) is 0 Å². The van der Waals surface area contributed by atoms with Crippen LogP contribution in [0.5, 0.6) is 0 Å². The molecule has 1 aromatic rings. The maximum Gasteiger partial charge on any atom is 0.185 e. The average Bonchev–Trinajstić information content (AvgIpc) is 2.47. The minimum absolute atomic E-state index is 0.674. The molecule has 0 N–H and O–H groups in total. The summed E-state index contributed by atoms with van der Waals surface area (Å²) in [7, 11) is 0.